The minimum atomic E-state index is -4.79. The van der Waals surface area contributed by atoms with E-state index in [9.17, 15) is 27.6 Å². The molecule has 3 rings (SSSR count). The maximum Gasteiger partial charge on any atom is 0.573 e. The highest BCUT2D eigenvalue weighted by Crippen LogP contribution is 2.28. The fourth-order valence-electron chi connectivity index (χ4n) is 2.52. The van der Waals surface area contributed by atoms with Crippen LogP contribution in [0.1, 0.15) is 5.76 Å². The van der Waals surface area contributed by atoms with Gasteiger partial charge in [0.05, 0.1) is 0 Å². The molecule has 28 heavy (non-hydrogen) atoms. The minimum Gasteiger partial charge on any atom is -0.457 e. The lowest BCUT2D eigenvalue weighted by Crippen LogP contribution is -2.52. The number of rotatable bonds is 3. The zero-order valence-corrected chi connectivity index (χ0v) is 14.6. The van der Waals surface area contributed by atoms with Crippen molar-refractivity contribution < 1.29 is 36.7 Å². The van der Waals surface area contributed by atoms with E-state index in [1.165, 1.54) is 44.4 Å². The van der Waals surface area contributed by atoms with Crippen molar-refractivity contribution in [2.24, 2.45) is 0 Å². The second-order valence-electron chi connectivity index (χ2n) is 5.84. The molecule has 1 aromatic heterocycles. The molecule has 1 aliphatic rings. The molecule has 0 saturated carbocycles. The number of ether oxygens (including phenoxy) is 1. The Hall–Kier alpha value is -3.56. The maximum absolute atomic E-state index is 12.2. The highest BCUT2D eigenvalue weighted by Gasteiger charge is 2.38. The van der Waals surface area contributed by atoms with Gasteiger partial charge in [0.25, 0.3) is 11.8 Å². The molecule has 0 atom stereocenters. The van der Waals surface area contributed by atoms with Gasteiger partial charge in [-0.1, -0.05) is 0 Å². The maximum atomic E-state index is 12.2. The summed E-state index contributed by atoms with van der Waals surface area (Å²) in [5, 5.41) is 0. The van der Waals surface area contributed by atoms with Gasteiger partial charge in [-0.2, -0.15) is 0 Å². The fraction of sp³-hybridized carbons (Fsp3) is 0.167. The third-order valence-corrected chi connectivity index (χ3v) is 3.93. The number of halogens is 3. The average molecular weight is 394 g/mol. The lowest BCUT2D eigenvalue weighted by molar-refractivity contribution is -0.274. The van der Waals surface area contributed by atoms with Crippen molar-refractivity contribution in [1.29, 1.82) is 0 Å². The van der Waals surface area contributed by atoms with Crippen molar-refractivity contribution in [1.82, 2.24) is 9.80 Å². The molecule has 10 heteroatoms. The molecule has 1 saturated heterocycles. The predicted octanol–water partition coefficient (Wildman–Crippen LogP) is 3.28. The summed E-state index contributed by atoms with van der Waals surface area (Å²) in [6.45, 7) is 0. The number of furan rings is 1. The number of carbonyl (C=O) groups is 3. The number of hydrogen-bond acceptors (Lipinski definition) is 5. The van der Waals surface area contributed by atoms with Crippen LogP contribution < -0.4 is 4.74 Å². The van der Waals surface area contributed by atoms with Gasteiger partial charge in [0.2, 0.25) is 0 Å². The van der Waals surface area contributed by atoms with Gasteiger partial charge in [0.15, 0.2) is 0 Å². The van der Waals surface area contributed by atoms with Crippen molar-refractivity contribution in [3.05, 3.63) is 47.7 Å². The first-order valence-electron chi connectivity index (χ1n) is 7.84. The van der Waals surface area contributed by atoms with E-state index in [4.69, 9.17) is 4.42 Å². The number of urea groups is 1. The summed E-state index contributed by atoms with van der Waals surface area (Å²) < 4.78 is 45.9. The molecule has 0 N–H and O–H groups in total. The van der Waals surface area contributed by atoms with Crippen molar-refractivity contribution in [3.63, 3.8) is 0 Å². The summed E-state index contributed by atoms with van der Waals surface area (Å²) in [6, 6.07) is 7.28. The number of benzene rings is 1. The van der Waals surface area contributed by atoms with Crippen molar-refractivity contribution in [2.75, 3.05) is 14.1 Å². The highest BCUT2D eigenvalue weighted by atomic mass is 19.4. The van der Waals surface area contributed by atoms with Gasteiger partial charge in [-0.3, -0.25) is 19.4 Å². The molecule has 2 aromatic rings. The number of hydrogen-bond donors (Lipinski definition) is 0. The van der Waals surface area contributed by atoms with Crippen LogP contribution in [0.4, 0.5) is 18.0 Å². The molecule has 0 spiro atoms. The number of nitrogens with zero attached hydrogens (tertiary/aromatic N) is 2. The Bertz CT molecular complexity index is 950. The van der Waals surface area contributed by atoms with E-state index in [0.29, 0.717) is 11.3 Å². The monoisotopic (exact) mass is 394 g/mol. The minimum absolute atomic E-state index is 0.165. The Morgan fingerprint density at radius 1 is 0.929 bits per heavy atom. The molecule has 4 amide bonds. The molecule has 7 nitrogen and oxygen atoms in total. The summed E-state index contributed by atoms with van der Waals surface area (Å²) in [5.41, 5.74) is 0.212. The Morgan fingerprint density at radius 2 is 1.50 bits per heavy atom. The normalized spacial score (nSPS) is 15.3. The number of likely N-dealkylation sites (N-methyl/N-ethyl adjacent to an activating group) is 2. The molecule has 0 aliphatic carbocycles. The van der Waals surface area contributed by atoms with Crippen molar-refractivity contribution in [2.45, 2.75) is 6.36 Å². The topological polar surface area (TPSA) is 80.1 Å². The van der Waals surface area contributed by atoms with E-state index in [0.717, 1.165) is 21.9 Å². The standard InChI is InChI=1S/C18H13F3N2O5/c1-22-15(24)13(16(25)23(2)17(22)26)9-12-7-8-14(27-12)10-3-5-11(6-4-10)28-18(19,20)21/h3-9H,1-2H3. The van der Waals surface area contributed by atoms with E-state index in [-0.39, 0.29) is 17.1 Å². The first kappa shape index (κ1) is 19.2. The van der Waals surface area contributed by atoms with Crippen LogP contribution in [-0.2, 0) is 9.59 Å². The fourth-order valence-corrected chi connectivity index (χ4v) is 2.52. The van der Waals surface area contributed by atoms with E-state index in [2.05, 4.69) is 4.74 Å². The summed E-state index contributed by atoms with van der Waals surface area (Å²) in [4.78, 5) is 37.7. The van der Waals surface area contributed by atoms with Crippen LogP contribution in [-0.4, -0.2) is 48.1 Å². The van der Waals surface area contributed by atoms with Crippen LogP contribution in [0, 0.1) is 0 Å². The predicted molar refractivity (Wildman–Crippen MR) is 89.7 cm³/mol. The van der Waals surface area contributed by atoms with Crippen LogP contribution in [0.15, 0.2) is 46.4 Å². The molecule has 0 radical (unpaired) electrons. The first-order valence-corrected chi connectivity index (χ1v) is 7.84. The third-order valence-electron chi connectivity index (χ3n) is 3.93. The van der Waals surface area contributed by atoms with Crippen molar-refractivity contribution in [3.8, 4) is 17.1 Å². The largest absolute Gasteiger partial charge is 0.573 e. The van der Waals surface area contributed by atoms with Crippen LogP contribution in [0.5, 0.6) is 5.75 Å². The zero-order chi connectivity index (χ0) is 20.6. The number of carbonyl (C=O) groups excluding carboxylic acids is 3. The Kier molecular flexibility index (Phi) is 4.72. The molecule has 1 fully saturated rings. The molecule has 146 valence electrons. The lowest BCUT2D eigenvalue weighted by atomic mass is 10.1. The smallest absolute Gasteiger partial charge is 0.457 e. The second kappa shape index (κ2) is 6.87. The Labute approximate surface area is 156 Å². The molecular weight excluding hydrogens is 381 g/mol. The van der Waals surface area contributed by atoms with Gasteiger partial charge in [0, 0.05) is 19.7 Å². The zero-order valence-electron chi connectivity index (χ0n) is 14.6. The van der Waals surface area contributed by atoms with Crippen LogP contribution >= 0.6 is 0 Å². The summed E-state index contributed by atoms with van der Waals surface area (Å²) in [6.07, 6.45) is -3.58. The number of imide groups is 2. The lowest BCUT2D eigenvalue weighted by Gasteiger charge is -2.28. The van der Waals surface area contributed by atoms with Crippen molar-refractivity contribution >= 4 is 23.9 Å². The molecule has 1 aliphatic heterocycles. The molecular formula is C18H13F3N2O5. The van der Waals surface area contributed by atoms with Crippen LogP contribution in [0.3, 0.4) is 0 Å². The van der Waals surface area contributed by atoms with E-state index in [1.807, 2.05) is 0 Å². The Balaban J connectivity index is 1.84. The van der Waals surface area contributed by atoms with E-state index < -0.39 is 24.2 Å². The SMILES string of the molecule is CN1C(=O)C(=Cc2ccc(-c3ccc(OC(F)(F)F)cc3)o2)C(=O)N(C)C1=O. The van der Waals surface area contributed by atoms with Crippen LogP contribution in [0.25, 0.3) is 17.4 Å². The van der Waals surface area contributed by atoms with E-state index >= 15 is 0 Å². The van der Waals surface area contributed by atoms with Gasteiger partial charge in [-0.15, -0.1) is 13.2 Å². The first-order chi connectivity index (χ1) is 13.1. The van der Waals surface area contributed by atoms with Gasteiger partial charge in [0.1, 0.15) is 22.8 Å². The molecule has 0 bridgehead atoms. The van der Waals surface area contributed by atoms with E-state index in [1.54, 1.807) is 0 Å². The number of amides is 4. The summed E-state index contributed by atoms with van der Waals surface area (Å²) in [7, 11) is 2.50. The highest BCUT2D eigenvalue weighted by molar-refractivity contribution is 6.30. The van der Waals surface area contributed by atoms with Gasteiger partial charge in [-0.05, 0) is 42.5 Å². The Morgan fingerprint density at radius 3 is 2.04 bits per heavy atom. The molecule has 2 heterocycles. The summed E-state index contributed by atoms with van der Waals surface area (Å²) >= 11 is 0. The summed E-state index contributed by atoms with van der Waals surface area (Å²) in [5.74, 6) is -1.43. The van der Waals surface area contributed by atoms with Gasteiger partial charge in [-0.25, -0.2) is 4.79 Å². The van der Waals surface area contributed by atoms with Gasteiger partial charge < -0.3 is 9.15 Å². The number of alkyl halides is 3. The molecule has 1 aromatic carbocycles. The van der Waals surface area contributed by atoms with Gasteiger partial charge >= 0.3 is 12.4 Å². The second-order valence-corrected chi connectivity index (χ2v) is 5.84. The number of barbiturate groups is 1. The average Bonchev–Trinajstić information content (AvgIpc) is 3.10. The molecule has 0 unspecified atom stereocenters. The van der Waals surface area contributed by atoms with Crippen LogP contribution in [0.2, 0.25) is 0 Å². The third kappa shape index (κ3) is 3.75. The quantitative estimate of drug-likeness (QED) is 0.590.